The molecule has 1 N–H and O–H groups in total. The average Bonchev–Trinajstić information content (AvgIpc) is 2.73. The van der Waals surface area contributed by atoms with Gasteiger partial charge in [-0.25, -0.2) is 0 Å². The molecule has 0 fully saturated rings. The van der Waals surface area contributed by atoms with E-state index in [-0.39, 0.29) is 21.8 Å². The summed E-state index contributed by atoms with van der Waals surface area (Å²) in [7, 11) is -3.90. The molecule has 3 rings (SSSR count). The summed E-state index contributed by atoms with van der Waals surface area (Å²) in [6.07, 6.45) is 2.31. The Kier molecular flexibility index (Phi) is 6.16. The summed E-state index contributed by atoms with van der Waals surface area (Å²) in [5, 5.41) is 13.5. The number of benzene rings is 2. The number of nitrogens with zero attached hydrogens (tertiary/aromatic N) is 3. The fourth-order valence-electron chi connectivity index (χ4n) is 3.18. The second-order valence-electron chi connectivity index (χ2n) is 6.79. The van der Waals surface area contributed by atoms with Crippen LogP contribution >= 0.6 is 0 Å². The zero-order valence-electron chi connectivity index (χ0n) is 16.7. The van der Waals surface area contributed by atoms with Crippen LogP contribution in [0.2, 0.25) is 0 Å². The summed E-state index contributed by atoms with van der Waals surface area (Å²) in [6, 6.07) is 9.94. The van der Waals surface area contributed by atoms with E-state index in [0.717, 1.165) is 18.9 Å². The van der Waals surface area contributed by atoms with Gasteiger partial charge >= 0.3 is 0 Å². The smallest absolute Gasteiger partial charge is 0.286 e. The van der Waals surface area contributed by atoms with Crippen LogP contribution in [-0.2, 0) is 10.0 Å². The number of fused-ring (bicyclic) bond motifs is 1. The topological polar surface area (TPSA) is 122 Å². The molecule has 1 aliphatic heterocycles. The molecule has 0 unspecified atom stereocenters. The maximum absolute atomic E-state index is 12.7. The number of nitro benzene ring substituents is 1. The highest BCUT2D eigenvalue weighted by Crippen LogP contribution is 2.34. The highest BCUT2D eigenvalue weighted by Gasteiger charge is 2.30. The molecule has 0 radical (unpaired) electrons. The number of carbonyl (C=O) groups is 1. The molecule has 0 aromatic heterocycles. The summed E-state index contributed by atoms with van der Waals surface area (Å²) in [5.41, 5.74) is 0.687. The predicted octanol–water partition coefficient (Wildman–Crippen LogP) is 3.96. The fourth-order valence-corrected chi connectivity index (χ4v) is 4.50. The van der Waals surface area contributed by atoms with Crippen LogP contribution in [0.4, 0.5) is 17.1 Å². The van der Waals surface area contributed by atoms with Crippen LogP contribution in [0.1, 0.15) is 43.5 Å². The van der Waals surface area contributed by atoms with Gasteiger partial charge in [-0.1, -0.05) is 26.3 Å². The van der Waals surface area contributed by atoms with E-state index in [9.17, 15) is 23.3 Å². The average molecular weight is 430 g/mol. The van der Waals surface area contributed by atoms with Crippen molar-refractivity contribution in [2.24, 2.45) is 4.40 Å². The monoisotopic (exact) mass is 430 g/mol. The zero-order chi connectivity index (χ0) is 21.9. The molecule has 0 aliphatic carbocycles. The van der Waals surface area contributed by atoms with Crippen molar-refractivity contribution in [1.82, 2.24) is 0 Å². The van der Waals surface area contributed by atoms with E-state index in [4.69, 9.17) is 0 Å². The molecule has 9 nitrogen and oxygen atoms in total. The number of amides is 1. The van der Waals surface area contributed by atoms with E-state index >= 15 is 0 Å². The van der Waals surface area contributed by atoms with E-state index in [2.05, 4.69) is 16.6 Å². The third-order valence-corrected chi connectivity index (χ3v) is 6.03. The number of non-ortho nitro benzene ring substituents is 1. The Bertz CT molecular complexity index is 1130. The highest BCUT2D eigenvalue weighted by molar-refractivity contribution is 7.90. The molecule has 0 bridgehead atoms. The van der Waals surface area contributed by atoms with E-state index in [1.165, 1.54) is 24.3 Å². The number of nitrogens with one attached hydrogen (secondary N) is 1. The van der Waals surface area contributed by atoms with Gasteiger partial charge < -0.3 is 10.2 Å². The van der Waals surface area contributed by atoms with Gasteiger partial charge in [-0.3, -0.25) is 14.9 Å². The first-order valence-electron chi connectivity index (χ1n) is 9.58. The molecule has 10 heteroatoms. The lowest BCUT2D eigenvalue weighted by Crippen LogP contribution is -2.36. The van der Waals surface area contributed by atoms with Gasteiger partial charge in [-0.05, 0) is 30.7 Å². The summed E-state index contributed by atoms with van der Waals surface area (Å²) < 4.78 is 29.3. The zero-order valence-corrected chi connectivity index (χ0v) is 17.5. The molecule has 0 saturated carbocycles. The van der Waals surface area contributed by atoms with Crippen molar-refractivity contribution >= 4 is 38.8 Å². The second kappa shape index (κ2) is 8.62. The summed E-state index contributed by atoms with van der Waals surface area (Å²) >= 11 is 0. The van der Waals surface area contributed by atoms with Crippen LogP contribution in [0.3, 0.4) is 0 Å². The van der Waals surface area contributed by atoms with Gasteiger partial charge in [0.05, 0.1) is 10.6 Å². The number of sulfonamides is 1. The Labute approximate surface area is 174 Å². The molecule has 2 aromatic rings. The molecule has 30 heavy (non-hydrogen) atoms. The van der Waals surface area contributed by atoms with Gasteiger partial charge in [-0.2, -0.15) is 8.42 Å². The van der Waals surface area contributed by atoms with Gasteiger partial charge in [0.2, 0.25) is 0 Å². The molecule has 0 spiro atoms. The molecule has 1 aliphatic rings. The Morgan fingerprint density at radius 1 is 1.20 bits per heavy atom. The van der Waals surface area contributed by atoms with Gasteiger partial charge in [0.25, 0.3) is 21.6 Å². The molecule has 1 heterocycles. The third kappa shape index (κ3) is 4.33. The van der Waals surface area contributed by atoms with Crippen molar-refractivity contribution in [3.63, 3.8) is 0 Å². The normalized spacial score (nSPS) is 14.6. The second-order valence-corrected chi connectivity index (χ2v) is 8.36. The fraction of sp³-hybridized carbons (Fsp3) is 0.300. The maximum Gasteiger partial charge on any atom is 0.286 e. The lowest BCUT2D eigenvalue weighted by Gasteiger charge is -2.30. The molecular formula is C20H22N4O5S. The minimum atomic E-state index is -3.90. The lowest BCUT2D eigenvalue weighted by molar-refractivity contribution is -0.384. The molecule has 158 valence electrons. The van der Waals surface area contributed by atoms with Crippen molar-refractivity contribution in [3.8, 4) is 0 Å². The number of hydrogen-bond acceptors (Lipinski definition) is 6. The number of unbranched alkanes of at least 4 members (excludes halogenated alkanes) is 1. The number of carbonyl (C=O) groups excluding carboxylic acids is 1. The number of amidine groups is 1. The SMILES string of the molecule is CCCCN1C(CC)=NS(=O)(=O)c2cc(NC(=O)c3cccc([N+](=O)[O-])c3)ccc21. The summed E-state index contributed by atoms with van der Waals surface area (Å²) in [6.45, 7) is 4.55. The Hall–Kier alpha value is -3.27. The Morgan fingerprint density at radius 3 is 2.63 bits per heavy atom. The summed E-state index contributed by atoms with van der Waals surface area (Å²) in [4.78, 5) is 24.7. The van der Waals surface area contributed by atoms with Crippen LogP contribution in [0.25, 0.3) is 0 Å². The summed E-state index contributed by atoms with van der Waals surface area (Å²) in [5.74, 6) is -0.0863. The van der Waals surface area contributed by atoms with Crippen molar-refractivity contribution < 1.29 is 18.1 Å². The standard InChI is InChI=1S/C20H22N4O5S/c1-3-5-11-23-17-10-9-15(13-18(17)30(28,29)22-19(23)4-2)21-20(25)14-7-6-8-16(12-14)24(26)27/h6-10,12-13H,3-5,11H2,1-2H3,(H,21,25). The minimum Gasteiger partial charge on any atom is -0.328 e. The van der Waals surface area contributed by atoms with Gasteiger partial charge in [-0.15, -0.1) is 4.40 Å². The minimum absolute atomic E-state index is 0.0210. The third-order valence-electron chi connectivity index (χ3n) is 4.69. The van der Waals surface area contributed by atoms with E-state index in [1.807, 2.05) is 11.8 Å². The van der Waals surface area contributed by atoms with Crippen molar-refractivity contribution in [2.45, 2.75) is 38.0 Å². The van der Waals surface area contributed by atoms with Crippen LogP contribution in [0.5, 0.6) is 0 Å². The van der Waals surface area contributed by atoms with Crippen molar-refractivity contribution in [2.75, 3.05) is 16.8 Å². The van der Waals surface area contributed by atoms with Gasteiger partial charge in [0.1, 0.15) is 10.7 Å². The van der Waals surface area contributed by atoms with Gasteiger partial charge in [0, 0.05) is 36.3 Å². The number of anilines is 2. The first-order chi connectivity index (χ1) is 14.3. The van der Waals surface area contributed by atoms with Crippen LogP contribution in [0, 0.1) is 10.1 Å². The van der Waals surface area contributed by atoms with Crippen molar-refractivity contribution in [1.29, 1.82) is 0 Å². The Balaban J connectivity index is 1.93. The maximum atomic E-state index is 12.7. The quantitative estimate of drug-likeness (QED) is 0.524. The molecule has 2 aromatic carbocycles. The number of nitro groups is 1. The lowest BCUT2D eigenvalue weighted by atomic mass is 10.1. The van der Waals surface area contributed by atoms with Crippen LogP contribution in [-0.4, -0.2) is 31.6 Å². The first kappa shape index (κ1) is 21.4. The van der Waals surface area contributed by atoms with E-state index in [1.54, 1.807) is 12.1 Å². The predicted molar refractivity (Wildman–Crippen MR) is 115 cm³/mol. The Morgan fingerprint density at radius 2 is 1.97 bits per heavy atom. The van der Waals surface area contributed by atoms with Crippen molar-refractivity contribution in [3.05, 3.63) is 58.1 Å². The van der Waals surface area contributed by atoms with E-state index < -0.39 is 20.9 Å². The molecule has 0 saturated heterocycles. The highest BCUT2D eigenvalue weighted by atomic mass is 32.2. The molecular weight excluding hydrogens is 408 g/mol. The van der Waals surface area contributed by atoms with Crippen LogP contribution in [0.15, 0.2) is 51.8 Å². The van der Waals surface area contributed by atoms with Crippen LogP contribution < -0.4 is 10.2 Å². The first-order valence-corrected chi connectivity index (χ1v) is 11.0. The van der Waals surface area contributed by atoms with E-state index in [0.29, 0.717) is 24.5 Å². The molecule has 0 atom stereocenters. The number of hydrogen-bond donors (Lipinski definition) is 1. The number of rotatable bonds is 7. The van der Waals surface area contributed by atoms with Gasteiger partial charge in [0.15, 0.2) is 0 Å². The molecule has 1 amide bonds. The largest absolute Gasteiger partial charge is 0.328 e.